The predicted octanol–water partition coefficient (Wildman–Crippen LogP) is 4.64. The van der Waals surface area contributed by atoms with Crippen molar-refractivity contribution in [2.75, 3.05) is 0 Å². The molecular formula is C21H23F3N4O2S. The summed E-state index contributed by atoms with van der Waals surface area (Å²) in [5.74, 6) is 0.0316. The summed E-state index contributed by atoms with van der Waals surface area (Å²) in [7, 11) is 0. The number of alkyl halides is 3. The van der Waals surface area contributed by atoms with Crippen LogP contribution < -0.4 is 10.6 Å². The summed E-state index contributed by atoms with van der Waals surface area (Å²) in [6.07, 6.45) is -6.09. The highest BCUT2D eigenvalue weighted by Gasteiger charge is 2.27. The van der Waals surface area contributed by atoms with Gasteiger partial charge in [-0.2, -0.15) is 13.2 Å². The molecule has 3 aromatic rings. The van der Waals surface area contributed by atoms with E-state index in [1.54, 1.807) is 18.2 Å². The molecule has 0 spiro atoms. The third kappa shape index (κ3) is 6.30. The predicted molar refractivity (Wildman–Crippen MR) is 113 cm³/mol. The first-order valence-electron chi connectivity index (χ1n) is 9.79. The maximum absolute atomic E-state index is 12.5. The zero-order valence-electron chi connectivity index (χ0n) is 17.1. The number of aromatic amines is 1. The molecule has 2 amide bonds. The fourth-order valence-corrected chi connectivity index (χ4v) is 4.02. The van der Waals surface area contributed by atoms with Gasteiger partial charge >= 0.3 is 6.18 Å². The first kappa shape index (κ1) is 22.8. The number of fused-ring (bicyclic) bond motifs is 1. The number of imidazole rings is 1. The van der Waals surface area contributed by atoms with Crippen LogP contribution in [0, 0.1) is 0 Å². The van der Waals surface area contributed by atoms with Gasteiger partial charge in [0.25, 0.3) is 5.91 Å². The molecule has 0 aliphatic carbocycles. The average Bonchev–Trinajstić information content (AvgIpc) is 3.34. The van der Waals surface area contributed by atoms with E-state index in [0.717, 1.165) is 11.1 Å². The number of rotatable bonds is 8. The van der Waals surface area contributed by atoms with E-state index < -0.39 is 24.9 Å². The van der Waals surface area contributed by atoms with Crippen LogP contribution in [0.5, 0.6) is 0 Å². The minimum atomic E-state index is -4.35. The lowest BCUT2D eigenvalue weighted by Crippen LogP contribution is -2.24. The van der Waals surface area contributed by atoms with Gasteiger partial charge in [0.05, 0.1) is 28.9 Å². The minimum absolute atomic E-state index is 0.119. The molecule has 166 valence electrons. The Morgan fingerprint density at radius 2 is 1.94 bits per heavy atom. The second-order valence-electron chi connectivity index (χ2n) is 7.47. The number of carbonyl (C=O) groups is 2. The van der Waals surface area contributed by atoms with Gasteiger partial charge in [-0.15, -0.1) is 11.3 Å². The SMILES string of the molecule is CC(C)c1ccsc1C(=O)NCc1nc2ccc(CNC(=O)CCC(F)(F)F)cc2[nH]1. The molecule has 3 N–H and O–H groups in total. The minimum Gasteiger partial charge on any atom is -0.352 e. The Hall–Kier alpha value is -2.88. The lowest BCUT2D eigenvalue weighted by molar-refractivity contribution is -0.144. The Morgan fingerprint density at radius 1 is 1.16 bits per heavy atom. The van der Waals surface area contributed by atoms with E-state index in [2.05, 4.69) is 20.6 Å². The molecule has 0 fully saturated rings. The third-order valence-corrected chi connectivity index (χ3v) is 5.59. The van der Waals surface area contributed by atoms with Gasteiger partial charge in [0.2, 0.25) is 5.91 Å². The molecule has 0 aliphatic rings. The maximum Gasteiger partial charge on any atom is 0.389 e. The fourth-order valence-electron chi connectivity index (χ4n) is 3.05. The summed E-state index contributed by atoms with van der Waals surface area (Å²) in [6.45, 7) is 4.42. The molecule has 0 radical (unpaired) electrons. The van der Waals surface area contributed by atoms with Crippen LogP contribution in [0.3, 0.4) is 0 Å². The number of hydrogen-bond donors (Lipinski definition) is 3. The van der Waals surface area contributed by atoms with E-state index >= 15 is 0 Å². The summed E-state index contributed by atoms with van der Waals surface area (Å²) < 4.78 is 36.6. The van der Waals surface area contributed by atoms with Crippen molar-refractivity contribution in [3.8, 4) is 0 Å². The van der Waals surface area contributed by atoms with Crippen molar-refractivity contribution in [2.24, 2.45) is 0 Å². The van der Waals surface area contributed by atoms with E-state index in [4.69, 9.17) is 0 Å². The number of thiophene rings is 1. The molecule has 0 atom stereocenters. The highest BCUT2D eigenvalue weighted by molar-refractivity contribution is 7.12. The molecule has 10 heteroatoms. The number of nitrogens with zero attached hydrogens (tertiary/aromatic N) is 1. The first-order chi connectivity index (χ1) is 14.6. The molecule has 0 aliphatic heterocycles. The Morgan fingerprint density at radius 3 is 2.65 bits per heavy atom. The van der Waals surface area contributed by atoms with Crippen molar-refractivity contribution in [3.05, 3.63) is 51.5 Å². The summed E-state index contributed by atoms with van der Waals surface area (Å²) >= 11 is 1.40. The van der Waals surface area contributed by atoms with Gasteiger partial charge in [0.1, 0.15) is 5.82 Å². The van der Waals surface area contributed by atoms with E-state index in [1.165, 1.54) is 11.3 Å². The number of aromatic nitrogens is 2. The van der Waals surface area contributed by atoms with Gasteiger partial charge in [0.15, 0.2) is 0 Å². The summed E-state index contributed by atoms with van der Waals surface area (Å²) in [4.78, 5) is 32.3. The van der Waals surface area contributed by atoms with Crippen LogP contribution >= 0.6 is 11.3 Å². The molecule has 6 nitrogen and oxygen atoms in total. The summed E-state index contributed by atoms with van der Waals surface area (Å²) in [6, 6.07) is 7.23. The van der Waals surface area contributed by atoms with E-state index in [1.807, 2.05) is 25.3 Å². The van der Waals surface area contributed by atoms with Crippen molar-refractivity contribution in [1.82, 2.24) is 20.6 Å². The molecule has 0 bridgehead atoms. The van der Waals surface area contributed by atoms with Gasteiger partial charge in [-0.1, -0.05) is 19.9 Å². The van der Waals surface area contributed by atoms with Crippen LogP contribution in [0.15, 0.2) is 29.6 Å². The molecule has 0 unspecified atom stereocenters. The lowest BCUT2D eigenvalue weighted by Gasteiger charge is -2.07. The van der Waals surface area contributed by atoms with Crippen LogP contribution in [0.25, 0.3) is 11.0 Å². The average molecular weight is 453 g/mol. The van der Waals surface area contributed by atoms with Crippen LogP contribution in [0.4, 0.5) is 13.2 Å². The van der Waals surface area contributed by atoms with Gasteiger partial charge in [-0.25, -0.2) is 4.98 Å². The lowest BCUT2D eigenvalue weighted by atomic mass is 10.0. The van der Waals surface area contributed by atoms with Crippen molar-refractivity contribution in [2.45, 2.75) is 51.9 Å². The van der Waals surface area contributed by atoms with Crippen molar-refractivity contribution >= 4 is 34.2 Å². The van der Waals surface area contributed by atoms with Crippen molar-refractivity contribution in [3.63, 3.8) is 0 Å². The smallest absolute Gasteiger partial charge is 0.352 e. The molecular weight excluding hydrogens is 429 g/mol. The largest absolute Gasteiger partial charge is 0.389 e. The normalized spacial score (nSPS) is 11.8. The van der Waals surface area contributed by atoms with Crippen molar-refractivity contribution in [1.29, 1.82) is 0 Å². The number of benzene rings is 1. The summed E-state index contributed by atoms with van der Waals surface area (Å²) in [5, 5.41) is 7.25. The second kappa shape index (κ2) is 9.51. The number of amides is 2. The highest BCUT2D eigenvalue weighted by Crippen LogP contribution is 2.24. The Labute approximate surface area is 181 Å². The number of halogens is 3. The molecule has 2 aromatic heterocycles. The van der Waals surface area contributed by atoms with Gasteiger partial charge in [-0.3, -0.25) is 9.59 Å². The maximum atomic E-state index is 12.5. The Bertz CT molecular complexity index is 1070. The van der Waals surface area contributed by atoms with E-state index in [9.17, 15) is 22.8 Å². The molecule has 2 heterocycles. The highest BCUT2D eigenvalue weighted by atomic mass is 32.1. The number of hydrogen-bond acceptors (Lipinski definition) is 4. The quantitative estimate of drug-likeness (QED) is 0.466. The van der Waals surface area contributed by atoms with Gasteiger partial charge in [0, 0.05) is 13.0 Å². The molecule has 31 heavy (non-hydrogen) atoms. The molecule has 3 rings (SSSR count). The number of nitrogens with one attached hydrogen (secondary N) is 3. The molecule has 1 aromatic carbocycles. The Balaban J connectivity index is 1.57. The van der Waals surface area contributed by atoms with Gasteiger partial charge < -0.3 is 15.6 Å². The van der Waals surface area contributed by atoms with E-state index in [0.29, 0.717) is 21.7 Å². The van der Waals surface area contributed by atoms with E-state index in [-0.39, 0.29) is 24.9 Å². The standard InChI is InChI=1S/C21H23F3N4O2S/c1-12(2)14-6-8-31-19(14)20(30)26-11-17-27-15-4-3-13(9-16(15)28-17)10-25-18(29)5-7-21(22,23)24/h3-4,6,8-9,12H,5,7,10-11H2,1-2H3,(H,25,29)(H,26,30)(H,27,28). The Kier molecular flexibility index (Phi) is 6.99. The van der Waals surface area contributed by atoms with Crippen LogP contribution in [-0.2, 0) is 17.9 Å². The topological polar surface area (TPSA) is 86.9 Å². The van der Waals surface area contributed by atoms with Gasteiger partial charge in [-0.05, 0) is 40.6 Å². The summed E-state index contributed by atoms with van der Waals surface area (Å²) in [5.41, 5.74) is 3.14. The fraction of sp³-hybridized carbons (Fsp3) is 0.381. The number of carbonyl (C=O) groups excluding carboxylic acids is 2. The third-order valence-electron chi connectivity index (χ3n) is 4.66. The van der Waals surface area contributed by atoms with Crippen LogP contribution in [0.2, 0.25) is 0 Å². The van der Waals surface area contributed by atoms with Crippen LogP contribution in [0.1, 0.15) is 59.2 Å². The monoisotopic (exact) mass is 452 g/mol. The molecule has 0 saturated carbocycles. The van der Waals surface area contributed by atoms with Crippen LogP contribution in [-0.4, -0.2) is 28.0 Å². The number of H-pyrrole nitrogens is 1. The first-order valence-corrected chi connectivity index (χ1v) is 10.7. The zero-order valence-corrected chi connectivity index (χ0v) is 17.9. The zero-order chi connectivity index (χ0) is 22.6. The molecule has 0 saturated heterocycles. The second-order valence-corrected chi connectivity index (χ2v) is 8.39. The van der Waals surface area contributed by atoms with Crippen molar-refractivity contribution < 1.29 is 22.8 Å².